The standard InChI is InChI=1S/C21H28N4S/c1-16-18(17-6-3-4-7-19(17)23-16)14-22-15-20(21-8-5-13-26-21)25-11-9-24(2)10-12-25/h3-8,13,20,22-23H,9-12,14-15H2,1-2H3/t20-/m1/s1. The van der Waals surface area contributed by atoms with Crippen molar-refractivity contribution in [2.45, 2.75) is 19.5 Å². The second kappa shape index (κ2) is 7.92. The molecule has 0 unspecified atom stereocenters. The van der Waals surface area contributed by atoms with Crippen LogP contribution in [0.4, 0.5) is 0 Å². The number of piperazine rings is 1. The zero-order valence-corrected chi connectivity index (χ0v) is 16.5. The van der Waals surface area contributed by atoms with Crippen molar-refractivity contribution in [3.63, 3.8) is 0 Å². The molecule has 26 heavy (non-hydrogen) atoms. The topological polar surface area (TPSA) is 34.3 Å². The average Bonchev–Trinajstić information content (AvgIpc) is 3.28. The second-order valence-electron chi connectivity index (χ2n) is 7.28. The molecule has 2 N–H and O–H groups in total. The Kier molecular flexibility index (Phi) is 5.41. The van der Waals surface area contributed by atoms with Gasteiger partial charge in [-0.05, 0) is 37.0 Å². The Bertz CT molecular complexity index is 831. The predicted octanol–water partition coefficient (Wildman–Crippen LogP) is 3.62. The number of likely N-dealkylation sites (N-methyl/N-ethyl adjacent to an activating group) is 1. The molecule has 1 fully saturated rings. The lowest BCUT2D eigenvalue weighted by Crippen LogP contribution is -2.47. The highest BCUT2D eigenvalue weighted by Gasteiger charge is 2.24. The molecule has 1 aromatic carbocycles. The van der Waals surface area contributed by atoms with Gasteiger partial charge in [0.1, 0.15) is 0 Å². The summed E-state index contributed by atoms with van der Waals surface area (Å²) in [5.41, 5.74) is 3.89. The summed E-state index contributed by atoms with van der Waals surface area (Å²) >= 11 is 1.88. The molecule has 5 heteroatoms. The van der Waals surface area contributed by atoms with Gasteiger partial charge in [0.2, 0.25) is 0 Å². The number of H-pyrrole nitrogens is 1. The number of fused-ring (bicyclic) bond motifs is 1. The van der Waals surface area contributed by atoms with Crippen molar-refractivity contribution in [2.75, 3.05) is 39.8 Å². The molecule has 0 radical (unpaired) electrons. The summed E-state index contributed by atoms with van der Waals surface area (Å²) < 4.78 is 0. The molecule has 1 saturated heterocycles. The minimum atomic E-state index is 0.467. The summed E-state index contributed by atoms with van der Waals surface area (Å²) in [5, 5.41) is 7.28. The smallest absolute Gasteiger partial charge is 0.0567 e. The third-order valence-electron chi connectivity index (χ3n) is 5.52. The normalized spacial score (nSPS) is 17.8. The van der Waals surface area contributed by atoms with Crippen LogP contribution in [0.25, 0.3) is 10.9 Å². The summed E-state index contributed by atoms with van der Waals surface area (Å²) in [5.74, 6) is 0. The third-order valence-corrected chi connectivity index (χ3v) is 6.49. The fraction of sp³-hybridized carbons (Fsp3) is 0.429. The van der Waals surface area contributed by atoms with Gasteiger partial charge in [0.05, 0.1) is 6.04 Å². The fourth-order valence-corrected chi connectivity index (χ4v) is 4.78. The van der Waals surface area contributed by atoms with Crippen LogP contribution >= 0.6 is 11.3 Å². The highest BCUT2D eigenvalue weighted by Crippen LogP contribution is 2.26. The molecule has 0 saturated carbocycles. The van der Waals surface area contributed by atoms with E-state index in [1.165, 1.54) is 27.0 Å². The number of rotatable bonds is 6. The Hall–Kier alpha value is -1.66. The molecule has 2 aromatic heterocycles. The van der Waals surface area contributed by atoms with E-state index in [1.54, 1.807) is 0 Å². The van der Waals surface area contributed by atoms with Crippen LogP contribution in [0.5, 0.6) is 0 Å². The largest absolute Gasteiger partial charge is 0.358 e. The van der Waals surface area contributed by atoms with Gasteiger partial charge in [0.15, 0.2) is 0 Å². The number of hydrogen-bond acceptors (Lipinski definition) is 4. The van der Waals surface area contributed by atoms with E-state index in [1.807, 2.05) is 11.3 Å². The Labute approximate surface area is 159 Å². The van der Waals surface area contributed by atoms with Crippen molar-refractivity contribution in [1.82, 2.24) is 20.1 Å². The van der Waals surface area contributed by atoms with Gasteiger partial charge in [-0.15, -0.1) is 11.3 Å². The minimum Gasteiger partial charge on any atom is -0.358 e. The van der Waals surface area contributed by atoms with Crippen molar-refractivity contribution in [3.05, 3.63) is 57.9 Å². The number of hydrogen-bond donors (Lipinski definition) is 2. The molecule has 1 aliphatic heterocycles. The van der Waals surface area contributed by atoms with E-state index < -0.39 is 0 Å². The minimum absolute atomic E-state index is 0.467. The number of aromatic amines is 1. The maximum absolute atomic E-state index is 3.75. The zero-order chi connectivity index (χ0) is 17.9. The van der Waals surface area contributed by atoms with E-state index in [4.69, 9.17) is 0 Å². The predicted molar refractivity (Wildman–Crippen MR) is 111 cm³/mol. The van der Waals surface area contributed by atoms with Gasteiger partial charge >= 0.3 is 0 Å². The van der Waals surface area contributed by atoms with Crippen LogP contribution in [0.1, 0.15) is 22.2 Å². The number of thiophene rings is 1. The number of aromatic nitrogens is 1. The van der Waals surface area contributed by atoms with Crippen LogP contribution in [0.2, 0.25) is 0 Å². The van der Waals surface area contributed by atoms with Gasteiger partial charge in [-0.3, -0.25) is 4.90 Å². The van der Waals surface area contributed by atoms with E-state index >= 15 is 0 Å². The molecule has 3 heterocycles. The van der Waals surface area contributed by atoms with E-state index in [0.717, 1.165) is 39.3 Å². The maximum atomic E-state index is 3.75. The van der Waals surface area contributed by atoms with E-state index in [9.17, 15) is 0 Å². The molecule has 4 nitrogen and oxygen atoms in total. The van der Waals surface area contributed by atoms with Crippen molar-refractivity contribution in [3.8, 4) is 0 Å². The van der Waals surface area contributed by atoms with E-state index in [0.29, 0.717) is 6.04 Å². The summed E-state index contributed by atoms with van der Waals surface area (Å²) in [7, 11) is 2.22. The van der Waals surface area contributed by atoms with Gasteiger partial charge in [-0.2, -0.15) is 0 Å². The molecule has 3 aromatic rings. The molecule has 0 spiro atoms. The third kappa shape index (κ3) is 3.71. The highest BCUT2D eigenvalue weighted by atomic mass is 32.1. The van der Waals surface area contributed by atoms with Crippen LogP contribution < -0.4 is 5.32 Å². The van der Waals surface area contributed by atoms with Gasteiger partial charge in [0, 0.05) is 60.7 Å². The van der Waals surface area contributed by atoms with Crippen LogP contribution in [-0.4, -0.2) is 54.6 Å². The average molecular weight is 369 g/mol. The van der Waals surface area contributed by atoms with Crippen molar-refractivity contribution < 1.29 is 0 Å². The maximum Gasteiger partial charge on any atom is 0.0567 e. The van der Waals surface area contributed by atoms with Gasteiger partial charge in [0.25, 0.3) is 0 Å². The molecule has 0 amide bonds. The molecule has 138 valence electrons. The number of nitrogens with one attached hydrogen (secondary N) is 2. The molecule has 1 aliphatic rings. The first-order chi connectivity index (χ1) is 12.7. The van der Waals surface area contributed by atoms with Crippen LogP contribution in [-0.2, 0) is 6.54 Å². The number of benzene rings is 1. The highest BCUT2D eigenvalue weighted by molar-refractivity contribution is 7.10. The van der Waals surface area contributed by atoms with Crippen LogP contribution in [0, 0.1) is 6.92 Å². The van der Waals surface area contributed by atoms with Crippen LogP contribution in [0.15, 0.2) is 41.8 Å². The number of nitrogens with zero attached hydrogens (tertiary/aromatic N) is 2. The first-order valence-electron chi connectivity index (χ1n) is 9.45. The van der Waals surface area contributed by atoms with Gasteiger partial charge < -0.3 is 15.2 Å². The van der Waals surface area contributed by atoms with E-state index in [-0.39, 0.29) is 0 Å². The lowest BCUT2D eigenvalue weighted by atomic mass is 10.1. The number of para-hydroxylation sites is 1. The van der Waals surface area contributed by atoms with Crippen LogP contribution in [0.3, 0.4) is 0 Å². The Balaban J connectivity index is 1.45. The van der Waals surface area contributed by atoms with Gasteiger partial charge in [-0.25, -0.2) is 0 Å². The SMILES string of the molecule is Cc1[nH]c2ccccc2c1CNC[C@H](c1cccs1)N1CCN(C)CC1. The zero-order valence-electron chi connectivity index (χ0n) is 15.7. The van der Waals surface area contributed by atoms with Gasteiger partial charge in [-0.1, -0.05) is 24.3 Å². The molecular formula is C21H28N4S. The summed E-state index contributed by atoms with van der Waals surface area (Å²) in [6.45, 7) is 8.68. The summed E-state index contributed by atoms with van der Waals surface area (Å²) in [6.07, 6.45) is 0. The lowest BCUT2D eigenvalue weighted by molar-refractivity contribution is 0.111. The Morgan fingerprint density at radius 3 is 2.69 bits per heavy atom. The quantitative estimate of drug-likeness (QED) is 0.697. The molecule has 0 aliphatic carbocycles. The van der Waals surface area contributed by atoms with Crippen molar-refractivity contribution in [2.24, 2.45) is 0 Å². The summed E-state index contributed by atoms with van der Waals surface area (Å²) in [6, 6.07) is 13.5. The molecule has 1 atom stereocenters. The molecule has 0 bridgehead atoms. The monoisotopic (exact) mass is 368 g/mol. The lowest BCUT2D eigenvalue weighted by Gasteiger charge is -2.37. The Morgan fingerprint density at radius 1 is 1.12 bits per heavy atom. The molecule has 4 rings (SSSR count). The number of aryl methyl sites for hydroxylation is 1. The van der Waals surface area contributed by atoms with Crippen molar-refractivity contribution >= 4 is 22.2 Å². The first-order valence-corrected chi connectivity index (χ1v) is 10.3. The molecular weight excluding hydrogens is 340 g/mol. The first kappa shape index (κ1) is 17.7. The second-order valence-corrected chi connectivity index (χ2v) is 8.25. The van der Waals surface area contributed by atoms with E-state index in [2.05, 4.69) is 75.9 Å². The Morgan fingerprint density at radius 2 is 1.92 bits per heavy atom. The summed E-state index contributed by atoms with van der Waals surface area (Å²) in [4.78, 5) is 10.0. The fourth-order valence-electron chi connectivity index (χ4n) is 3.92. The van der Waals surface area contributed by atoms with Crippen molar-refractivity contribution in [1.29, 1.82) is 0 Å².